The van der Waals surface area contributed by atoms with Crippen molar-refractivity contribution in [2.75, 3.05) is 31.1 Å². The van der Waals surface area contributed by atoms with E-state index in [-0.39, 0.29) is 12.4 Å². The highest BCUT2D eigenvalue weighted by Gasteiger charge is 2.15. The van der Waals surface area contributed by atoms with Gasteiger partial charge in [0, 0.05) is 31.7 Å². The van der Waals surface area contributed by atoms with Crippen molar-refractivity contribution in [1.29, 1.82) is 0 Å². The molecule has 15 heavy (non-hydrogen) atoms. The Morgan fingerprint density at radius 3 is 2.73 bits per heavy atom. The highest BCUT2D eigenvalue weighted by molar-refractivity contribution is 5.50. The highest BCUT2D eigenvalue weighted by atomic mass is 19.1. The molecule has 0 atom stereocenters. The number of nitrogens with zero attached hydrogens (tertiary/aromatic N) is 1. The fourth-order valence-corrected chi connectivity index (χ4v) is 1.84. The molecule has 0 spiro atoms. The predicted molar refractivity (Wildman–Crippen MR) is 57.4 cm³/mol. The maximum absolute atomic E-state index is 13.8. The number of halogens is 1. The smallest absolute Gasteiger partial charge is 0.151 e. The Bertz CT molecular complexity index is 337. The second-order valence-electron chi connectivity index (χ2n) is 3.65. The van der Waals surface area contributed by atoms with E-state index in [0.717, 1.165) is 26.2 Å². The second-order valence-corrected chi connectivity index (χ2v) is 3.65. The van der Waals surface area contributed by atoms with Crippen LogP contribution in [0.3, 0.4) is 0 Å². The fourth-order valence-electron chi connectivity index (χ4n) is 1.84. The zero-order valence-corrected chi connectivity index (χ0v) is 8.54. The van der Waals surface area contributed by atoms with Gasteiger partial charge in [0.15, 0.2) is 5.82 Å². The van der Waals surface area contributed by atoms with E-state index in [4.69, 9.17) is 5.11 Å². The standard InChI is InChI=1S/C11H15FN2O/c12-11-9(8-15)2-1-3-10(11)14-6-4-13-5-7-14/h1-3,13,15H,4-8H2. The van der Waals surface area contributed by atoms with Crippen LogP contribution >= 0.6 is 0 Å². The molecular formula is C11H15FN2O. The van der Waals surface area contributed by atoms with Crippen molar-refractivity contribution in [2.45, 2.75) is 6.61 Å². The third-order valence-corrected chi connectivity index (χ3v) is 2.69. The molecule has 0 radical (unpaired) electrons. The summed E-state index contributed by atoms with van der Waals surface area (Å²) < 4.78 is 13.8. The van der Waals surface area contributed by atoms with Crippen LogP contribution in [0.15, 0.2) is 18.2 Å². The van der Waals surface area contributed by atoms with Gasteiger partial charge in [0.25, 0.3) is 0 Å². The first-order chi connectivity index (χ1) is 7.33. The van der Waals surface area contributed by atoms with E-state index in [1.54, 1.807) is 18.2 Å². The minimum absolute atomic E-state index is 0.244. The van der Waals surface area contributed by atoms with Gasteiger partial charge >= 0.3 is 0 Å². The molecule has 1 aromatic carbocycles. The van der Waals surface area contributed by atoms with Crippen LogP contribution in [-0.2, 0) is 6.61 Å². The summed E-state index contributed by atoms with van der Waals surface area (Å²) in [5.74, 6) is -0.290. The van der Waals surface area contributed by atoms with Gasteiger partial charge in [-0.3, -0.25) is 0 Å². The maximum atomic E-state index is 13.8. The Hall–Kier alpha value is -1.13. The molecule has 2 N–H and O–H groups in total. The van der Waals surface area contributed by atoms with Gasteiger partial charge in [0.2, 0.25) is 0 Å². The van der Waals surface area contributed by atoms with E-state index in [9.17, 15) is 4.39 Å². The van der Waals surface area contributed by atoms with Crippen LogP contribution in [0.25, 0.3) is 0 Å². The van der Waals surface area contributed by atoms with Gasteiger partial charge in [0.05, 0.1) is 12.3 Å². The van der Waals surface area contributed by atoms with Crippen molar-refractivity contribution in [3.63, 3.8) is 0 Å². The largest absolute Gasteiger partial charge is 0.392 e. The summed E-state index contributed by atoms with van der Waals surface area (Å²) in [6, 6.07) is 5.16. The molecule has 1 fully saturated rings. The predicted octanol–water partition coefficient (Wildman–Crippen LogP) is 0.728. The summed E-state index contributed by atoms with van der Waals surface area (Å²) in [6.45, 7) is 3.13. The van der Waals surface area contributed by atoms with E-state index in [1.165, 1.54) is 0 Å². The zero-order valence-electron chi connectivity index (χ0n) is 8.54. The van der Waals surface area contributed by atoms with Gasteiger partial charge in [-0.2, -0.15) is 0 Å². The Morgan fingerprint density at radius 2 is 2.07 bits per heavy atom. The van der Waals surface area contributed by atoms with Crippen LogP contribution in [0.5, 0.6) is 0 Å². The number of nitrogens with one attached hydrogen (secondary N) is 1. The lowest BCUT2D eigenvalue weighted by molar-refractivity contribution is 0.276. The van der Waals surface area contributed by atoms with Crippen LogP contribution in [0.2, 0.25) is 0 Å². The molecule has 0 bridgehead atoms. The molecule has 1 heterocycles. The lowest BCUT2D eigenvalue weighted by atomic mass is 10.1. The average molecular weight is 210 g/mol. The minimum Gasteiger partial charge on any atom is -0.392 e. The van der Waals surface area contributed by atoms with Crippen molar-refractivity contribution < 1.29 is 9.50 Å². The monoisotopic (exact) mass is 210 g/mol. The Morgan fingerprint density at radius 1 is 1.33 bits per heavy atom. The van der Waals surface area contributed by atoms with Gasteiger partial charge in [-0.05, 0) is 6.07 Å². The first-order valence-corrected chi connectivity index (χ1v) is 5.17. The van der Waals surface area contributed by atoms with Crippen molar-refractivity contribution in [3.05, 3.63) is 29.6 Å². The van der Waals surface area contributed by atoms with Crippen molar-refractivity contribution >= 4 is 5.69 Å². The second kappa shape index (κ2) is 4.59. The number of anilines is 1. The number of aliphatic hydroxyl groups is 1. The molecule has 0 amide bonds. The van der Waals surface area contributed by atoms with Crippen LogP contribution in [-0.4, -0.2) is 31.3 Å². The molecular weight excluding hydrogens is 195 g/mol. The van der Waals surface area contributed by atoms with Gasteiger partial charge in [-0.15, -0.1) is 0 Å². The molecule has 1 aliphatic rings. The molecule has 1 aliphatic heterocycles. The molecule has 4 heteroatoms. The van der Waals surface area contributed by atoms with E-state index < -0.39 is 0 Å². The first-order valence-electron chi connectivity index (χ1n) is 5.17. The van der Waals surface area contributed by atoms with Crippen LogP contribution in [0.4, 0.5) is 10.1 Å². The molecule has 0 aliphatic carbocycles. The number of rotatable bonds is 2. The van der Waals surface area contributed by atoms with E-state index in [0.29, 0.717) is 11.3 Å². The van der Waals surface area contributed by atoms with Crippen molar-refractivity contribution in [2.24, 2.45) is 0 Å². The van der Waals surface area contributed by atoms with Crippen molar-refractivity contribution in [1.82, 2.24) is 5.32 Å². The SMILES string of the molecule is OCc1cccc(N2CCNCC2)c1F. The van der Waals surface area contributed by atoms with E-state index >= 15 is 0 Å². The molecule has 0 saturated carbocycles. The fraction of sp³-hybridized carbons (Fsp3) is 0.455. The number of piperazine rings is 1. The summed E-state index contributed by atoms with van der Waals surface area (Å²) in [6.07, 6.45) is 0. The number of hydrogen-bond donors (Lipinski definition) is 2. The Balaban J connectivity index is 2.26. The zero-order chi connectivity index (χ0) is 10.7. The third-order valence-electron chi connectivity index (χ3n) is 2.69. The topological polar surface area (TPSA) is 35.5 Å². The van der Waals surface area contributed by atoms with Gasteiger partial charge in [-0.1, -0.05) is 12.1 Å². The Labute approximate surface area is 88.5 Å². The summed E-state index contributed by atoms with van der Waals surface area (Å²) in [7, 11) is 0. The molecule has 1 saturated heterocycles. The number of benzene rings is 1. The normalized spacial score (nSPS) is 16.8. The quantitative estimate of drug-likeness (QED) is 0.755. The van der Waals surface area contributed by atoms with Gasteiger partial charge < -0.3 is 15.3 Å². The molecule has 2 rings (SSSR count). The van der Waals surface area contributed by atoms with Crippen LogP contribution in [0, 0.1) is 5.82 Å². The summed E-state index contributed by atoms with van der Waals surface area (Å²) in [5, 5.41) is 12.2. The first kappa shape index (κ1) is 10.4. The minimum atomic E-state index is -0.290. The summed E-state index contributed by atoms with van der Waals surface area (Å²) in [5.41, 5.74) is 0.967. The molecule has 1 aromatic rings. The van der Waals surface area contributed by atoms with E-state index in [1.807, 2.05) is 4.90 Å². The lowest BCUT2D eigenvalue weighted by Gasteiger charge is -2.30. The summed E-state index contributed by atoms with van der Waals surface area (Å²) in [4.78, 5) is 2.00. The number of aliphatic hydroxyl groups excluding tert-OH is 1. The van der Waals surface area contributed by atoms with Crippen LogP contribution in [0.1, 0.15) is 5.56 Å². The number of hydrogen-bond acceptors (Lipinski definition) is 3. The molecule has 82 valence electrons. The van der Waals surface area contributed by atoms with E-state index in [2.05, 4.69) is 5.32 Å². The highest BCUT2D eigenvalue weighted by Crippen LogP contribution is 2.22. The van der Waals surface area contributed by atoms with Crippen molar-refractivity contribution in [3.8, 4) is 0 Å². The maximum Gasteiger partial charge on any atom is 0.151 e. The lowest BCUT2D eigenvalue weighted by Crippen LogP contribution is -2.43. The molecule has 0 unspecified atom stereocenters. The summed E-state index contributed by atoms with van der Waals surface area (Å²) >= 11 is 0. The Kier molecular flexibility index (Phi) is 3.18. The third kappa shape index (κ3) is 2.11. The van der Waals surface area contributed by atoms with Gasteiger partial charge in [-0.25, -0.2) is 4.39 Å². The van der Waals surface area contributed by atoms with Gasteiger partial charge in [0.1, 0.15) is 0 Å². The van der Waals surface area contributed by atoms with Crippen LogP contribution < -0.4 is 10.2 Å². The molecule has 0 aromatic heterocycles. The average Bonchev–Trinajstić information content (AvgIpc) is 2.30. The molecule has 3 nitrogen and oxygen atoms in total.